The molecule has 0 aliphatic carbocycles. The summed E-state index contributed by atoms with van der Waals surface area (Å²) in [4.78, 5) is 20.8. The lowest BCUT2D eigenvalue weighted by molar-refractivity contribution is 0.0949. The van der Waals surface area contributed by atoms with Crippen molar-refractivity contribution in [3.8, 4) is 5.75 Å². The Hall–Kier alpha value is -2.73. The first-order valence-electron chi connectivity index (χ1n) is 8.45. The van der Waals surface area contributed by atoms with Gasteiger partial charge in [0, 0.05) is 30.2 Å². The zero-order chi connectivity index (χ0) is 18.4. The first-order valence-corrected chi connectivity index (χ1v) is 9.33. The number of benzene rings is 1. The lowest BCUT2D eigenvalue weighted by Crippen LogP contribution is -2.26. The minimum Gasteiger partial charge on any atom is -0.486 e. The van der Waals surface area contributed by atoms with Gasteiger partial charge < -0.3 is 10.1 Å². The molecular formula is C20H21N3O2S. The highest BCUT2D eigenvalue weighted by atomic mass is 32.1. The molecule has 5 nitrogen and oxygen atoms in total. The molecule has 2 aromatic heterocycles. The average Bonchev–Trinajstić information content (AvgIpc) is 3.13. The van der Waals surface area contributed by atoms with Gasteiger partial charge in [0.25, 0.3) is 5.91 Å². The molecule has 3 rings (SSSR count). The van der Waals surface area contributed by atoms with E-state index < -0.39 is 0 Å². The van der Waals surface area contributed by atoms with Crippen LogP contribution in [0.3, 0.4) is 0 Å². The first kappa shape index (κ1) is 18.1. The third-order valence-corrected chi connectivity index (χ3v) is 4.91. The van der Waals surface area contributed by atoms with E-state index in [-0.39, 0.29) is 5.91 Å². The molecule has 0 radical (unpaired) electrons. The predicted molar refractivity (Wildman–Crippen MR) is 103 cm³/mol. The van der Waals surface area contributed by atoms with Crippen LogP contribution in [0.4, 0.5) is 0 Å². The van der Waals surface area contributed by atoms with Gasteiger partial charge in [-0.2, -0.15) is 0 Å². The molecule has 0 bridgehead atoms. The summed E-state index contributed by atoms with van der Waals surface area (Å²) in [5.74, 6) is 0.678. The number of rotatable bonds is 7. The van der Waals surface area contributed by atoms with Crippen molar-refractivity contribution < 1.29 is 9.53 Å². The molecule has 0 atom stereocenters. The second-order valence-corrected chi connectivity index (χ2v) is 6.88. The van der Waals surface area contributed by atoms with Gasteiger partial charge in [-0.15, -0.1) is 11.3 Å². The van der Waals surface area contributed by atoms with E-state index in [1.54, 1.807) is 11.6 Å². The Bertz CT molecular complexity index is 878. The Morgan fingerprint density at radius 3 is 2.88 bits per heavy atom. The minimum atomic E-state index is -0.171. The Labute approximate surface area is 157 Å². The number of hydrogen-bond acceptors (Lipinski definition) is 5. The zero-order valence-electron chi connectivity index (χ0n) is 14.9. The summed E-state index contributed by atoms with van der Waals surface area (Å²) in [5, 5.41) is 5.42. The van der Waals surface area contributed by atoms with E-state index in [2.05, 4.69) is 28.3 Å². The Morgan fingerprint density at radius 1 is 1.19 bits per heavy atom. The summed E-state index contributed by atoms with van der Waals surface area (Å²) in [6, 6.07) is 11.7. The van der Waals surface area contributed by atoms with E-state index in [0.29, 0.717) is 25.3 Å². The van der Waals surface area contributed by atoms with Crippen LogP contribution in [-0.4, -0.2) is 22.4 Å². The monoisotopic (exact) mass is 367 g/mol. The van der Waals surface area contributed by atoms with Gasteiger partial charge in [0.1, 0.15) is 23.1 Å². The van der Waals surface area contributed by atoms with Crippen LogP contribution < -0.4 is 10.1 Å². The van der Waals surface area contributed by atoms with Crippen molar-refractivity contribution in [3.05, 3.63) is 75.5 Å². The van der Waals surface area contributed by atoms with Crippen molar-refractivity contribution in [2.45, 2.75) is 26.9 Å². The molecule has 0 fully saturated rings. The number of aromatic nitrogens is 2. The van der Waals surface area contributed by atoms with Crippen LogP contribution in [-0.2, 0) is 13.0 Å². The maximum atomic E-state index is 12.2. The molecule has 0 aliphatic rings. The number of nitrogens with zero attached hydrogens (tertiary/aromatic N) is 2. The number of carbonyl (C=O) groups excluding carboxylic acids is 1. The van der Waals surface area contributed by atoms with Gasteiger partial charge in [0.2, 0.25) is 0 Å². The van der Waals surface area contributed by atoms with Crippen LogP contribution in [0.5, 0.6) is 5.75 Å². The standard InChI is InChI=1S/C20H21N3O2S/c1-14-6-5-8-18(15(14)2)25-12-19-23-17(13-26-19)20(24)22-11-9-16-7-3-4-10-21-16/h3-8,10,13H,9,11-12H2,1-2H3,(H,22,24). The summed E-state index contributed by atoms with van der Waals surface area (Å²) in [6.07, 6.45) is 2.44. The zero-order valence-corrected chi connectivity index (χ0v) is 15.7. The van der Waals surface area contributed by atoms with Gasteiger partial charge in [-0.1, -0.05) is 18.2 Å². The van der Waals surface area contributed by atoms with Crippen molar-refractivity contribution in [2.75, 3.05) is 6.54 Å². The second-order valence-electron chi connectivity index (χ2n) is 5.94. The number of aryl methyl sites for hydroxylation is 1. The lowest BCUT2D eigenvalue weighted by Gasteiger charge is -2.09. The van der Waals surface area contributed by atoms with Crippen molar-refractivity contribution >= 4 is 17.2 Å². The van der Waals surface area contributed by atoms with Gasteiger partial charge in [-0.05, 0) is 43.2 Å². The van der Waals surface area contributed by atoms with E-state index in [9.17, 15) is 4.79 Å². The third kappa shape index (κ3) is 4.67. The van der Waals surface area contributed by atoms with E-state index >= 15 is 0 Å². The largest absolute Gasteiger partial charge is 0.486 e. The summed E-state index contributed by atoms with van der Waals surface area (Å²) in [6.45, 7) is 4.98. The molecule has 0 spiro atoms. The quantitative estimate of drug-likeness (QED) is 0.691. The topological polar surface area (TPSA) is 64.1 Å². The maximum Gasteiger partial charge on any atom is 0.270 e. The first-order chi connectivity index (χ1) is 12.6. The number of thiazole rings is 1. The third-order valence-electron chi connectivity index (χ3n) is 4.08. The van der Waals surface area contributed by atoms with E-state index in [0.717, 1.165) is 22.0 Å². The van der Waals surface area contributed by atoms with E-state index in [1.165, 1.54) is 16.9 Å². The molecule has 1 N–H and O–H groups in total. The molecule has 134 valence electrons. The lowest BCUT2D eigenvalue weighted by atomic mass is 10.1. The molecule has 0 saturated heterocycles. The van der Waals surface area contributed by atoms with E-state index in [1.807, 2.05) is 37.3 Å². The molecule has 26 heavy (non-hydrogen) atoms. The average molecular weight is 367 g/mol. The second kappa shape index (κ2) is 8.58. The van der Waals surface area contributed by atoms with Crippen molar-refractivity contribution in [1.82, 2.24) is 15.3 Å². The van der Waals surface area contributed by atoms with Crippen LogP contribution >= 0.6 is 11.3 Å². The molecule has 6 heteroatoms. The van der Waals surface area contributed by atoms with Crippen LogP contribution in [0.1, 0.15) is 32.3 Å². The molecule has 0 unspecified atom stereocenters. The van der Waals surface area contributed by atoms with Gasteiger partial charge in [0.05, 0.1) is 0 Å². The number of amides is 1. The minimum absolute atomic E-state index is 0.171. The fourth-order valence-electron chi connectivity index (χ4n) is 2.44. The Kier molecular flexibility index (Phi) is 5.96. The van der Waals surface area contributed by atoms with Crippen molar-refractivity contribution in [3.63, 3.8) is 0 Å². The van der Waals surface area contributed by atoms with Gasteiger partial charge in [-0.25, -0.2) is 4.98 Å². The van der Waals surface area contributed by atoms with Crippen LogP contribution in [0.25, 0.3) is 0 Å². The number of hydrogen-bond donors (Lipinski definition) is 1. The van der Waals surface area contributed by atoms with Crippen LogP contribution in [0.2, 0.25) is 0 Å². The smallest absolute Gasteiger partial charge is 0.270 e. The van der Waals surface area contributed by atoms with Crippen LogP contribution in [0, 0.1) is 13.8 Å². The highest BCUT2D eigenvalue weighted by Crippen LogP contribution is 2.22. The normalized spacial score (nSPS) is 10.5. The number of pyridine rings is 1. The summed E-state index contributed by atoms with van der Waals surface area (Å²) >= 11 is 1.43. The number of nitrogens with one attached hydrogen (secondary N) is 1. The fraction of sp³-hybridized carbons (Fsp3) is 0.250. The van der Waals surface area contributed by atoms with Crippen molar-refractivity contribution in [1.29, 1.82) is 0 Å². The molecule has 1 aromatic carbocycles. The molecule has 0 aliphatic heterocycles. The Morgan fingerprint density at radius 2 is 2.08 bits per heavy atom. The highest BCUT2D eigenvalue weighted by Gasteiger charge is 2.11. The Balaban J connectivity index is 1.50. The molecular weight excluding hydrogens is 346 g/mol. The number of ether oxygens (including phenoxy) is 1. The summed E-state index contributed by atoms with van der Waals surface area (Å²) in [5.41, 5.74) is 3.69. The predicted octanol–water partition coefficient (Wildman–Crippen LogP) is 3.71. The number of carbonyl (C=O) groups is 1. The summed E-state index contributed by atoms with van der Waals surface area (Å²) < 4.78 is 5.84. The fourth-order valence-corrected chi connectivity index (χ4v) is 3.13. The summed E-state index contributed by atoms with van der Waals surface area (Å²) in [7, 11) is 0. The molecule has 0 saturated carbocycles. The van der Waals surface area contributed by atoms with Gasteiger partial charge in [-0.3, -0.25) is 9.78 Å². The maximum absolute atomic E-state index is 12.2. The molecule has 1 amide bonds. The molecule has 3 aromatic rings. The van der Waals surface area contributed by atoms with Crippen molar-refractivity contribution in [2.24, 2.45) is 0 Å². The van der Waals surface area contributed by atoms with Gasteiger partial charge >= 0.3 is 0 Å². The SMILES string of the molecule is Cc1cccc(OCc2nc(C(=O)NCCc3ccccn3)cs2)c1C. The van der Waals surface area contributed by atoms with E-state index in [4.69, 9.17) is 4.74 Å². The van der Waals surface area contributed by atoms with Gasteiger partial charge in [0.15, 0.2) is 0 Å². The highest BCUT2D eigenvalue weighted by molar-refractivity contribution is 7.09. The van der Waals surface area contributed by atoms with Crippen LogP contribution in [0.15, 0.2) is 48.0 Å². The molecule has 2 heterocycles.